The number of nitriles is 1. The standard InChI is InChI=1S/C24H21N3O6/c1-14(22(28)15-6-10-19(31-2)11-7-15)33-23(29)16-4-8-18(9-5-16)27-13-17(12-25)20(26)21(27)24(30)32-3/h4-11,13-14H,26H2,1-3H3. The minimum absolute atomic E-state index is 0.00120. The van der Waals surface area contributed by atoms with Crippen LogP contribution in [0.4, 0.5) is 5.69 Å². The SMILES string of the molecule is COC(=O)c1c(N)c(C#N)cn1-c1ccc(C(=O)OC(C)C(=O)c2ccc(OC)cc2)cc1. The fourth-order valence-corrected chi connectivity index (χ4v) is 3.15. The number of carbonyl (C=O) groups is 3. The van der Waals surface area contributed by atoms with Gasteiger partial charge in [-0.1, -0.05) is 0 Å². The van der Waals surface area contributed by atoms with Crippen LogP contribution in [0.15, 0.2) is 54.7 Å². The number of nitrogens with two attached hydrogens (primary N) is 1. The topological polar surface area (TPSA) is 134 Å². The summed E-state index contributed by atoms with van der Waals surface area (Å²) in [5.41, 5.74) is 7.08. The van der Waals surface area contributed by atoms with Crippen LogP contribution in [0.25, 0.3) is 5.69 Å². The monoisotopic (exact) mass is 447 g/mol. The van der Waals surface area contributed by atoms with Crippen molar-refractivity contribution in [1.29, 1.82) is 5.26 Å². The highest BCUT2D eigenvalue weighted by molar-refractivity contribution is 6.01. The summed E-state index contributed by atoms with van der Waals surface area (Å²) in [7, 11) is 2.73. The maximum atomic E-state index is 12.5. The first-order valence-electron chi connectivity index (χ1n) is 9.79. The lowest BCUT2D eigenvalue weighted by Gasteiger charge is -2.13. The van der Waals surface area contributed by atoms with Gasteiger partial charge in [-0.2, -0.15) is 5.26 Å². The minimum atomic E-state index is -1.00. The van der Waals surface area contributed by atoms with Crippen molar-refractivity contribution in [3.8, 4) is 17.5 Å². The van der Waals surface area contributed by atoms with E-state index in [4.69, 9.17) is 19.9 Å². The average Bonchev–Trinajstić information content (AvgIpc) is 3.19. The lowest BCUT2D eigenvalue weighted by molar-refractivity contribution is 0.0318. The molecule has 3 rings (SSSR count). The summed E-state index contributed by atoms with van der Waals surface area (Å²) >= 11 is 0. The zero-order valence-corrected chi connectivity index (χ0v) is 18.2. The van der Waals surface area contributed by atoms with E-state index >= 15 is 0 Å². The molecule has 1 atom stereocenters. The molecule has 1 aromatic heterocycles. The zero-order chi connectivity index (χ0) is 24.1. The van der Waals surface area contributed by atoms with Gasteiger partial charge in [-0.15, -0.1) is 0 Å². The molecular formula is C24H21N3O6. The van der Waals surface area contributed by atoms with Crippen LogP contribution < -0.4 is 10.5 Å². The van der Waals surface area contributed by atoms with Crippen LogP contribution in [0.1, 0.15) is 43.7 Å². The number of nitrogen functional groups attached to an aromatic ring is 1. The Kier molecular flexibility index (Phi) is 6.79. The highest BCUT2D eigenvalue weighted by Gasteiger charge is 2.23. The Bertz CT molecular complexity index is 1240. The molecule has 9 heteroatoms. The molecule has 3 aromatic rings. The Morgan fingerprint density at radius 3 is 2.12 bits per heavy atom. The van der Waals surface area contributed by atoms with Gasteiger partial charge < -0.3 is 24.5 Å². The van der Waals surface area contributed by atoms with Gasteiger partial charge in [0.2, 0.25) is 5.78 Å². The molecule has 0 radical (unpaired) electrons. The Balaban J connectivity index is 1.77. The number of esters is 2. The molecule has 2 N–H and O–H groups in total. The zero-order valence-electron chi connectivity index (χ0n) is 18.2. The van der Waals surface area contributed by atoms with Gasteiger partial charge in [0.1, 0.15) is 11.8 Å². The number of anilines is 1. The van der Waals surface area contributed by atoms with Gasteiger partial charge in [0.05, 0.1) is 31.0 Å². The van der Waals surface area contributed by atoms with Crippen molar-refractivity contribution in [2.45, 2.75) is 13.0 Å². The summed E-state index contributed by atoms with van der Waals surface area (Å²) in [6, 6.07) is 14.5. The molecule has 9 nitrogen and oxygen atoms in total. The van der Waals surface area contributed by atoms with Gasteiger partial charge in [-0.3, -0.25) is 4.79 Å². The molecule has 1 heterocycles. The summed E-state index contributed by atoms with van der Waals surface area (Å²) in [6.07, 6.45) is 0.406. The van der Waals surface area contributed by atoms with Crippen LogP contribution in [0, 0.1) is 11.3 Å². The smallest absolute Gasteiger partial charge is 0.357 e. The van der Waals surface area contributed by atoms with Gasteiger partial charge in [0, 0.05) is 17.4 Å². The van der Waals surface area contributed by atoms with E-state index in [1.54, 1.807) is 36.4 Å². The van der Waals surface area contributed by atoms with Crippen molar-refractivity contribution in [2.24, 2.45) is 0 Å². The first-order valence-corrected chi connectivity index (χ1v) is 9.79. The summed E-state index contributed by atoms with van der Waals surface area (Å²) in [4.78, 5) is 37.2. The summed E-state index contributed by atoms with van der Waals surface area (Å²) in [6.45, 7) is 1.49. The highest BCUT2D eigenvalue weighted by atomic mass is 16.5. The number of ketones is 1. The van der Waals surface area contributed by atoms with Crippen LogP contribution in [-0.4, -0.2) is 42.6 Å². The number of hydrogen-bond acceptors (Lipinski definition) is 8. The molecule has 2 aromatic carbocycles. The van der Waals surface area contributed by atoms with Crippen molar-refractivity contribution in [2.75, 3.05) is 20.0 Å². The predicted molar refractivity (Wildman–Crippen MR) is 118 cm³/mol. The molecule has 0 aliphatic rings. The largest absolute Gasteiger partial charge is 0.497 e. The van der Waals surface area contributed by atoms with E-state index < -0.39 is 18.0 Å². The molecule has 0 bridgehead atoms. The normalized spacial score (nSPS) is 11.2. The molecule has 0 amide bonds. The third-order valence-corrected chi connectivity index (χ3v) is 4.95. The van der Waals surface area contributed by atoms with Crippen molar-refractivity contribution in [3.63, 3.8) is 0 Å². The van der Waals surface area contributed by atoms with E-state index in [9.17, 15) is 19.6 Å². The van der Waals surface area contributed by atoms with Crippen LogP contribution >= 0.6 is 0 Å². The van der Waals surface area contributed by atoms with Crippen molar-refractivity contribution in [1.82, 2.24) is 4.57 Å². The minimum Gasteiger partial charge on any atom is -0.497 e. The number of carbonyl (C=O) groups excluding carboxylic acids is 3. The lowest BCUT2D eigenvalue weighted by atomic mass is 10.1. The quantitative estimate of drug-likeness (QED) is 0.431. The van der Waals surface area contributed by atoms with Crippen molar-refractivity contribution < 1.29 is 28.6 Å². The molecule has 0 aliphatic carbocycles. The van der Waals surface area contributed by atoms with E-state index in [1.807, 2.05) is 6.07 Å². The Morgan fingerprint density at radius 1 is 0.970 bits per heavy atom. The van der Waals surface area contributed by atoms with Gasteiger partial charge in [0.25, 0.3) is 0 Å². The molecule has 0 saturated carbocycles. The van der Waals surface area contributed by atoms with Crippen LogP contribution in [-0.2, 0) is 9.47 Å². The molecule has 0 fully saturated rings. The second kappa shape index (κ2) is 9.70. The Hall–Kier alpha value is -4.58. The molecule has 168 valence electrons. The second-order valence-electron chi connectivity index (χ2n) is 6.97. The average molecular weight is 447 g/mol. The second-order valence-corrected chi connectivity index (χ2v) is 6.97. The number of hydrogen-bond donors (Lipinski definition) is 1. The number of nitrogens with zero attached hydrogens (tertiary/aromatic N) is 2. The summed E-state index contributed by atoms with van der Waals surface area (Å²) < 4.78 is 16.5. The fraction of sp³-hybridized carbons (Fsp3) is 0.167. The van der Waals surface area contributed by atoms with Crippen LogP contribution in [0.3, 0.4) is 0 Å². The molecular weight excluding hydrogens is 426 g/mol. The van der Waals surface area contributed by atoms with Gasteiger partial charge in [-0.25, -0.2) is 9.59 Å². The summed E-state index contributed by atoms with van der Waals surface area (Å²) in [5.74, 6) is -1.13. The van der Waals surface area contributed by atoms with Crippen molar-refractivity contribution >= 4 is 23.4 Å². The van der Waals surface area contributed by atoms with E-state index in [0.29, 0.717) is 17.0 Å². The van der Waals surface area contributed by atoms with Gasteiger partial charge in [-0.05, 0) is 55.5 Å². The third kappa shape index (κ3) is 4.70. The Morgan fingerprint density at radius 2 is 1.58 bits per heavy atom. The first kappa shape index (κ1) is 23.1. The highest BCUT2D eigenvalue weighted by Crippen LogP contribution is 2.25. The van der Waals surface area contributed by atoms with Crippen molar-refractivity contribution in [3.05, 3.63) is 77.1 Å². The molecule has 1 unspecified atom stereocenters. The first-order chi connectivity index (χ1) is 15.8. The van der Waals surface area contributed by atoms with Gasteiger partial charge in [0.15, 0.2) is 11.8 Å². The number of ether oxygens (including phenoxy) is 3. The number of benzene rings is 2. The van der Waals surface area contributed by atoms with E-state index in [2.05, 4.69) is 0 Å². The number of Topliss-reactive ketones (excluding diaryl/α,β-unsaturated/α-hetero) is 1. The number of aromatic nitrogens is 1. The van der Waals surface area contributed by atoms with E-state index in [0.717, 1.165) is 0 Å². The van der Waals surface area contributed by atoms with Crippen LogP contribution in [0.2, 0.25) is 0 Å². The maximum absolute atomic E-state index is 12.5. The Labute approximate surface area is 189 Å². The summed E-state index contributed by atoms with van der Waals surface area (Å²) in [5, 5.41) is 9.22. The lowest BCUT2D eigenvalue weighted by Crippen LogP contribution is -2.24. The maximum Gasteiger partial charge on any atom is 0.357 e. The molecule has 0 spiro atoms. The number of rotatable bonds is 7. The number of methoxy groups -OCH3 is 2. The predicted octanol–water partition coefficient (Wildman–Crippen LogP) is 3.15. The third-order valence-electron chi connectivity index (χ3n) is 4.95. The molecule has 0 aliphatic heterocycles. The molecule has 0 saturated heterocycles. The van der Waals surface area contributed by atoms with E-state index in [1.165, 1.54) is 44.0 Å². The van der Waals surface area contributed by atoms with Gasteiger partial charge >= 0.3 is 11.9 Å². The molecule has 33 heavy (non-hydrogen) atoms. The van der Waals surface area contributed by atoms with E-state index in [-0.39, 0.29) is 28.3 Å². The fourth-order valence-electron chi connectivity index (χ4n) is 3.15. The van der Waals surface area contributed by atoms with Crippen LogP contribution in [0.5, 0.6) is 5.75 Å².